The van der Waals surface area contributed by atoms with E-state index in [-0.39, 0.29) is 5.91 Å². The fourth-order valence-corrected chi connectivity index (χ4v) is 2.12. The molecule has 0 aliphatic heterocycles. The Morgan fingerprint density at radius 2 is 1.96 bits per heavy atom. The second-order valence-corrected chi connectivity index (χ2v) is 5.34. The highest BCUT2D eigenvalue weighted by atomic mass is 16.5. The fraction of sp³-hybridized carbons (Fsp3) is 0.105. The number of hydrogen-bond donors (Lipinski definition) is 2. The van der Waals surface area contributed by atoms with E-state index in [0.717, 1.165) is 5.56 Å². The molecule has 1 amide bonds. The smallest absolute Gasteiger partial charge is 0.274 e. The molecule has 6 heteroatoms. The van der Waals surface area contributed by atoms with Crippen molar-refractivity contribution in [2.24, 2.45) is 0 Å². The average molecular weight is 332 g/mol. The Balaban J connectivity index is 1.79. The number of anilines is 1. The number of hydrogen-bond acceptors (Lipinski definition) is 4. The maximum atomic E-state index is 12.4. The van der Waals surface area contributed by atoms with Gasteiger partial charge in [-0.2, -0.15) is 5.10 Å². The van der Waals surface area contributed by atoms with E-state index in [4.69, 9.17) is 4.74 Å². The summed E-state index contributed by atoms with van der Waals surface area (Å²) in [5, 5.41) is 9.43. The number of nitrogens with zero attached hydrogens (tertiary/aromatic N) is 2. The van der Waals surface area contributed by atoms with Gasteiger partial charge in [0.15, 0.2) is 0 Å². The lowest BCUT2D eigenvalue weighted by Crippen LogP contribution is -2.13. The van der Waals surface area contributed by atoms with Crippen LogP contribution in [-0.4, -0.2) is 28.2 Å². The molecular formula is C19H16N4O2. The van der Waals surface area contributed by atoms with Crippen LogP contribution in [0.1, 0.15) is 27.2 Å². The number of nitrogens with one attached hydrogen (secondary N) is 2. The van der Waals surface area contributed by atoms with Crippen molar-refractivity contribution in [1.82, 2.24) is 15.2 Å². The number of rotatable bonds is 3. The van der Waals surface area contributed by atoms with Crippen molar-refractivity contribution >= 4 is 11.6 Å². The maximum Gasteiger partial charge on any atom is 0.274 e. The summed E-state index contributed by atoms with van der Waals surface area (Å²) in [5.74, 6) is 6.22. The van der Waals surface area contributed by atoms with Crippen LogP contribution in [0.2, 0.25) is 0 Å². The van der Waals surface area contributed by atoms with E-state index >= 15 is 0 Å². The van der Waals surface area contributed by atoms with Gasteiger partial charge in [0.25, 0.3) is 5.91 Å². The number of aromatic nitrogens is 3. The van der Waals surface area contributed by atoms with Crippen molar-refractivity contribution in [3.63, 3.8) is 0 Å². The summed E-state index contributed by atoms with van der Waals surface area (Å²) in [7, 11) is 1.57. The Morgan fingerprint density at radius 3 is 2.72 bits per heavy atom. The van der Waals surface area contributed by atoms with Crippen LogP contribution >= 0.6 is 0 Å². The number of amides is 1. The first kappa shape index (κ1) is 16.3. The Labute approximate surface area is 145 Å². The third-order valence-electron chi connectivity index (χ3n) is 3.47. The molecule has 6 nitrogen and oxygen atoms in total. The summed E-state index contributed by atoms with van der Waals surface area (Å²) < 4.78 is 5.12. The quantitative estimate of drug-likeness (QED) is 0.723. The van der Waals surface area contributed by atoms with Gasteiger partial charge in [-0.1, -0.05) is 29.5 Å². The van der Waals surface area contributed by atoms with Crippen molar-refractivity contribution in [3.05, 3.63) is 71.3 Å². The lowest BCUT2D eigenvalue weighted by molar-refractivity contribution is 0.102. The van der Waals surface area contributed by atoms with Crippen LogP contribution in [0.25, 0.3) is 0 Å². The Morgan fingerprint density at radius 1 is 1.16 bits per heavy atom. The summed E-state index contributed by atoms with van der Waals surface area (Å²) in [6.45, 7) is 1.99. The first-order valence-corrected chi connectivity index (χ1v) is 7.58. The molecule has 25 heavy (non-hydrogen) atoms. The molecule has 0 aliphatic carbocycles. The summed E-state index contributed by atoms with van der Waals surface area (Å²) >= 11 is 0. The molecule has 3 aromatic rings. The molecule has 0 unspecified atom stereocenters. The third-order valence-corrected chi connectivity index (χ3v) is 3.47. The summed E-state index contributed by atoms with van der Waals surface area (Å²) in [6, 6.07) is 9.32. The number of pyridine rings is 1. The van der Waals surface area contributed by atoms with Gasteiger partial charge in [-0.25, -0.2) is 0 Å². The molecule has 0 saturated heterocycles. The number of aromatic amines is 1. The molecular weight excluding hydrogens is 316 g/mol. The highest BCUT2D eigenvalue weighted by Gasteiger charge is 2.12. The second kappa shape index (κ2) is 7.32. The molecule has 0 radical (unpaired) electrons. The SMILES string of the molecule is COc1cncc(C#Cc2cn[nH]c2C(=O)Nc2ccc(C)cc2)c1. The van der Waals surface area contributed by atoms with Gasteiger partial charge in [0, 0.05) is 17.4 Å². The fourth-order valence-electron chi connectivity index (χ4n) is 2.12. The molecule has 0 fully saturated rings. The number of methoxy groups -OCH3 is 1. The summed E-state index contributed by atoms with van der Waals surface area (Å²) in [4.78, 5) is 16.5. The first-order valence-electron chi connectivity index (χ1n) is 7.58. The predicted octanol–water partition coefficient (Wildman–Crippen LogP) is 2.77. The van der Waals surface area contributed by atoms with E-state index in [2.05, 4.69) is 32.3 Å². The van der Waals surface area contributed by atoms with Crippen molar-refractivity contribution < 1.29 is 9.53 Å². The van der Waals surface area contributed by atoms with Crippen molar-refractivity contribution in [1.29, 1.82) is 0 Å². The van der Waals surface area contributed by atoms with E-state index in [1.165, 1.54) is 6.20 Å². The topological polar surface area (TPSA) is 79.9 Å². The highest BCUT2D eigenvalue weighted by Crippen LogP contribution is 2.12. The molecule has 0 spiro atoms. The van der Waals surface area contributed by atoms with Crippen LogP contribution in [0.4, 0.5) is 5.69 Å². The number of aryl methyl sites for hydroxylation is 1. The molecule has 2 N–H and O–H groups in total. The number of benzene rings is 1. The minimum absolute atomic E-state index is 0.297. The molecule has 0 saturated carbocycles. The van der Waals surface area contributed by atoms with Crippen LogP contribution < -0.4 is 10.1 Å². The Bertz CT molecular complexity index is 949. The number of ether oxygens (including phenoxy) is 1. The normalized spacial score (nSPS) is 9.84. The number of H-pyrrole nitrogens is 1. The van der Waals surface area contributed by atoms with E-state index in [0.29, 0.717) is 28.3 Å². The zero-order chi connectivity index (χ0) is 17.6. The zero-order valence-electron chi connectivity index (χ0n) is 13.8. The molecule has 2 heterocycles. The Kier molecular flexibility index (Phi) is 4.77. The van der Waals surface area contributed by atoms with Gasteiger partial charge < -0.3 is 10.1 Å². The van der Waals surface area contributed by atoms with Gasteiger partial charge in [-0.3, -0.25) is 14.9 Å². The van der Waals surface area contributed by atoms with Crippen molar-refractivity contribution in [2.75, 3.05) is 12.4 Å². The van der Waals surface area contributed by atoms with E-state index < -0.39 is 0 Å². The largest absolute Gasteiger partial charge is 0.495 e. The van der Waals surface area contributed by atoms with Crippen molar-refractivity contribution in [3.8, 4) is 17.6 Å². The van der Waals surface area contributed by atoms with Crippen LogP contribution in [0.15, 0.2) is 48.9 Å². The molecule has 0 bridgehead atoms. The summed E-state index contributed by atoms with van der Waals surface area (Å²) in [6.07, 6.45) is 4.75. The number of carbonyl (C=O) groups is 1. The van der Waals surface area contributed by atoms with Crippen LogP contribution in [0, 0.1) is 18.8 Å². The second-order valence-electron chi connectivity index (χ2n) is 5.34. The van der Waals surface area contributed by atoms with Gasteiger partial charge in [0.1, 0.15) is 11.4 Å². The van der Waals surface area contributed by atoms with E-state index in [1.807, 2.05) is 31.2 Å². The standard InChI is InChI=1S/C19H16N4O2/c1-13-3-7-16(8-4-13)22-19(24)18-15(11-21-23-18)6-5-14-9-17(25-2)12-20-10-14/h3-4,7-12H,1-2H3,(H,21,23)(H,22,24). The van der Waals surface area contributed by atoms with Crippen LogP contribution in [-0.2, 0) is 0 Å². The highest BCUT2D eigenvalue weighted by molar-refractivity contribution is 6.04. The minimum Gasteiger partial charge on any atom is -0.495 e. The van der Waals surface area contributed by atoms with Gasteiger partial charge in [0.2, 0.25) is 0 Å². The van der Waals surface area contributed by atoms with Gasteiger partial charge in [-0.05, 0) is 25.1 Å². The lowest BCUT2D eigenvalue weighted by Gasteiger charge is -2.04. The van der Waals surface area contributed by atoms with E-state index in [1.54, 1.807) is 25.6 Å². The molecule has 1 aromatic carbocycles. The van der Waals surface area contributed by atoms with E-state index in [9.17, 15) is 4.79 Å². The predicted molar refractivity (Wildman–Crippen MR) is 94.5 cm³/mol. The number of carbonyl (C=O) groups excluding carboxylic acids is 1. The molecule has 2 aromatic heterocycles. The molecule has 124 valence electrons. The average Bonchev–Trinajstić information content (AvgIpc) is 3.11. The van der Waals surface area contributed by atoms with Crippen LogP contribution in [0.5, 0.6) is 5.75 Å². The lowest BCUT2D eigenvalue weighted by atomic mass is 10.2. The van der Waals surface area contributed by atoms with Gasteiger partial charge in [-0.15, -0.1) is 0 Å². The monoisotopic (exact) mass is 332 g/mol. The maximum absolute atomic E-state index is 12.4. The molecule has 0 aliphatic rings. The first-order chi connectivity index (χ1) is 12.2. The molecule has 3 rings (SSSR count). The molecule has 0 atom stereocenters. The van der Waals surface area contributed by atoms with Crippen LogP contribution in [0.3, 0.4) is 0 Å². The summed E-state index contributed by atoms with van der Waals surface area (Å²) in [5.41, 5.74) is 3.33. The minimum atomic E-state index is -0.297. The Hall–Kier alpha value is -3.59. The third kappa shape index (κ3) is 4.03. The zero-order valence-corrected chi connectivity index (χ0v) is 13.8. The van der Waals surface area contributed by atoms with Gasteiger partial charge in [0.05, 0.1) is 25.1 Å². The van der Waals surface area contributed by atoms with Crippen molar-refractivity contribution in [2.45, 2.75) is 6.92 Å². The van der Waals surface area contributed by atoms with Gasteiger partial charge >= 0.3 is 0 Å².